The molecular weight excluding hydrogens is 352 g/mol. The van der Waals surface area contributed by atoms with Gasteiger partial charge in [0.1, 0.15) is 0 Å². The normalized spacial score (nSPS) is 11.2. The van der Waals surface area contributed by atoms with Gasteiger partial charge in [-0.05, 0) is 46.8 Å². The molecule has 0 aliphatic rings. The van der Waals surface area contributed by atoms with Gasteiger partial charge < -0.3 is 0 Å². The van der Waals surface area contributed by atoms with Crippen molar-refractivity contribution in [2.75, 3.05) is 0 Å². The molecule has 2 aromatic carbocycles. The molecular formula is C17H12N6O2S. The minimum absolute atomic E-state index is 0.0509. The number of nitro benzene ring substituents is 1. The highest BCUT2D eigenvalue weighted by Crippen LogP contribution is 2.34. The highest BCUT2D eigenvalue weighted by Gasteiger charge is 2.15. The lowest BCUT2D eigenvalue weighted by Gasteiger charge is -2.07. The van der Waals surface area contributed by atoms with E-state index in [9.17, 15) is 10.1 Å². The van der Waals surface area contributed by atoms with Crippen LogP contribution < -0.4 is 0 Å². The zero-order valence-electron chi connectivity index (χ0n) is 13.6. The summed E-state index contributed by atoms with van der Waals surface area (Å²) >= 11 is 1.16. The van der Waals surface area contributed by atoms with E-state index in [1.165, 1.54) is 18.2 Å². The van der Waals surface area contributed by atoms with E-state index in [4.69, 9.17) is 5.26 Å². The Hall–Kier alpha value is -3.51. The molecule has 128 valence electrons. The van der Waals surface area contributed by atoms with Gasteiger partial charge in [0, 0.05) is 23.1 Å². The number of tetrazole rings is 1. The molecule has 0 aliphatic heterocycles. The van der Waals surface area contributed by atoms with Crippen LogP contribution in [0.25, 0.3) is 10.6 Å². The van der Waals surface area contributed by atoms with E-state index < -0.39 is 4.92 Å². The van der Waals surface area contributed by atoms with E-state index >= 15 is 0 Å². The van der Waals surface area contributed by atoms with Gasteiger partial charge in [0.15, 0.2) is 0 Å². The molecule has 0 bridgehead atoms. The quantitative estimate of drug-likeness (QED) is 0.295. The minimum atomic E-state index is -0.478. The summed E-state index contributed by atoms with van der Waals surface area (Å²) in [6.07, 6.45) is 1.32. The zero-order chi connectivity index (χ0) is 18.5. The van der Waals surface area contributed by atoms with Gasteiger partial charge in [0.05, 0.1) is 16.7 Å². The summed E-state index contributed by atoms with van der Waals surface area (Å²) < 4.78 is 1.55. The third kappa shape index (κ3) is 3.76. The Morgan fingerprint density at radius 1 is 1.31 bits per heavy atom. The van der Waals surface area contributed by atoms with Gasteiger partial charge >= 0.3 is 0 Å². The topological polar surface area (TPSA) is 111 Å². The lowest BCUT2D eigenvalue weighted by molar-refractivity contribution is -0.384. The van der Waals surface area contributed by atoms with E-state index in [2.05, 4.69) is 15.5 Å². The molecule has 0 unspecified atom stereocenters. The molecule has 1 aromatic heterocycles. The number of non-ortho nitro benzene ring substituents is 1. The van der Waals surface area contributed by atoms with Crippen molar-refractivity contribution < 1.29 is 4.92 Å². The monoisotopic (exact) mass is 364 g/mol. The van der Waals surface area contributed by atoms with Crippen molar-refractivity contribution in [2.45, 2.75) is 12.1 Å². The Morgan fingerprint density at radius 2 is 2.08 bits per heavy atom. The first-order chi connectivity index (χ1) is 12.6. The Bertz CT molecular complexity index is 1020. The molecule has 0 radical (unpaired) electrons. The summed E-state index contributed by atoms with van der Waals surface area (Å²) in [6.45, 7) is 1.98. The Morgan fingerprint density at radius 3 is 2.77 bits per heavy atom. The molecule has 26 heavy (non-hydrogen) atoms. The van der Waals surface area contributed by atoms with Gasteiger partial charge in [-0.15, -0.1) is 5.10 Å². The van der Waals surface area contributed by atoms with E-state index in [1.807, 2.05) is 37.3 Å². The van der Waals surface area contributed by atoms with Gasteiger partial charge in [-0.25, -0.2) is 0 Å². The predicted octanol–water partition coefficient (Wildman–Crippen LogP) is 3.54. The molecule has 9 heteroatoms. The Kier molecular flexibility index (Phi) is 5.05. The van der Waals surface area contributed by atoms with Crippen molar-refractivity contribution >= 4 is 22.4 Å². The summed E-state index contributed by atoms with van der Waals surface area (Å²) in [5.41, 5.74) is 2.38. The van der Waals surface area contributed by atoms with Crippen LogP contribution in [0.15, 0.2) is 59.8 Å². The number of hydrogen-bond donors (Lipinski definition) is 0. The summed E-state index contributed by atoms with van der Waals surface area (Å²) in [6, 6.07) is 15.7. The molecule has 0 saturated carbocycles. The second-order valence-electron chi connectivity index (χ2n) is 5.26. The number of benzene rings is 2. The molecule has 0 atom stereocenters. The van der Waals surface area contributed by atoms with Crippen molar-refractivity contribution in [2.24, 2.45) is 0 Å². The van der Waals surface area contributed by atoms with Gasteiger partial charge in [-0.2, -0.15) is 9.94 Å². The van der Waals surface area contributed by atoms with E-state index in [-0.39, 0.29) is 5.69 Å². The number of nitro groups is 1. The first-order valence-corrected chi connectivity index (χ1v) is 8.28. The standard InChI is InChI=1S/C17H12N6O2S/c1-12-5-7-14(8-6-12)22-17(19-20-21-22)26-16(9-10-18)13-3-2-4-15(11-13)23(24)25/h2-9,11H,1H3/b16-9-. The maximum atomic E-state index is 11.0. The maximum Gasteiger partial charge on any atom is 0.270 e. The number of aromatic nitrogens is 4. The number of aryl methyl sites for hydroxylation is 1. The number of rotatable bonds is 5. The molecule has 3 rings (SSSR count). The third-order valence-electron chi connectivity index (χ3n) is 3.46. The molecule has 1 heterocycles. The molecule has 3 aromatic rings. The molecule has 0 aliphatic carbocycles. The number of nitriles is 1. The van der Waals surface area contributed by atoms with Crippen LogP contribution in [0.5, 0.6) is 0 Å². The van der Waals surface area contributed by atoms with Crippen LogP contribution in [0.4, 0.5) is 5.69 Å². The maximum absolute atomic E-state index is 11.0. The van der Waals surface area contributed by atoms with Crippen molar-refractivity contribution in [3.8, 4) is 11.8 Å². The van der Waals surface area contributed by atoms with Gasteiger partial charge in [-0.1, -0.05) is 29.8 Å². The molecule has 0 N–H and O–H groups in total. The van der Waals surface area contributed by atoms with Crippen LogP contribution >= 0.6 is 11.8 Å². The van der Waals surface area contributed by atoms with Crippen LogP contribution in [-0.2, 0) is 0 Å². The summed E-state index contributed by atoms with van der Waals surface area (Å²) in [7, 11) is 0. The second-order valence-corrected chi connectivity index (χ2v) is 6.27. The average Bonchev–Trinajstić information content (AvgIpc) is 3.10. The van der Waals surface area contributed by atoms with Gasteiger partial charge in [-0.3, -0.25) is 10.1 Å². The average molecular weight is 364 g/mol. The van der Waals surface area contributed by atoms with Gasteiger partial charge in [0.25, 0.3) is 5.69 Å². The van der Waals surface area contributed by atoms with Crippen LogP contribution in [0, 0.1) is 28.4 Å². The van der Waals surface area contributed by atoms with Gasteiger partial charge in [0.2, 0.25) is 5.16 Å². The largest absolute Gasteiger partial charge is 0.270 e. The number of hydrogen-bond acceptors (Lipinski definition) is 7. The fourth-order valence-electron chi connectivity index (χ4n) is 2.19. The van der Waals surface area contributed by atoms with E-state index in [1.54, 1.807) is 16.8 Å². The van der Waals surface area contributed by atoms with Crippen LogP contribution in [0.2, 0.25) is 0 Å². The third-order valence-corrected chi connectivity index (χ3v) is 4.47. The zero-order valence-corrected chi connectivity index (χ0v) is 14.4. The smallest absolute Gasteiger partial charge is 0.258 e. The molecule has 0 spiro atoms. The first kappa shape index (κ1) is 17.3. The SMILES string of the molecule is Cc1ccc(-n2nnnc2S/C(=C\C#N)c2cccc([N+](=O)[O-])c2)cc1. The van der Waals surface area contributed by atoms with Crippen molar-refractivity contribution in [1.82, 2.24) is 20.2 Å². The van der Waals surface area contributed by atoms with Crippen molar-refractivity contribution in [3.05, 3.63) is 75.8 Å². The predicted molar refractivity (Wildman–Crippen MR) is 96.4 cm³/mol. The number of nitrogens with zero attached hydrogens (tertiary/aromatic N) is 6. The van der Waals surface area contributed by atoms with Crippen LogP contribution in [-0.4, -0.2) is 25.1 Å². The lowest BCUT2D eigenvalue weighted by atomic mass is 10.2. The van der Waals surface area contributed by atoms with Crippen LogP contribution in [0.1, 0.15) is 11.1 Å². The first-order valence-electron chi connectivity index (χ1n) is 7.46. The lowest BCUT2D eigenvalue weighted by Crippen LogP contribution is -1.99. The summed E-state index contributed by atoms with van der Waals surface area (Å²) in [4.78, 5) is 11.0. The molecule has 0 fully saturated rings. The highest BCUT2D eigenvalue weighted by molar-refractivity contribution is 8.08. The number of thioether (sulfide) groups is 1. The van der Waals surface area contributed by atoms with Crippen molar-refractivity contribution in [3.63, 3.8) is 0 Å². The highest BCUT2D eigenvalue weighted by atomic mass is 32.2. The number of allylic oxidation sites excluding steroid dienone is 1. The Balaban J connectivity index is 1.96. The van der Waals surface area contributed by atoms with E-state index in [0.717, 1.165) is 23.0 Å². The molecule has 0 amide bonds. The summed E-state index contributed by atoms with van der Waals surface area (Å²) in [5.74, 6) is 0. The molecule has 0 saturated heterocycles. The van der Waals surface area contributed by atoms with Crippen molar-refractivity contribution in [1.29, 1.82) is 5.26 Å². The minimum Gasteiger partial charge on any atom is -0.258 e. The fraction of sp³-hybridized carbons (Fsp3) is 0.0588. The molecule has 8 nitrogen and oxygen atoms in total. The fourth-order valence-corrected chi connectivity index (χ4v) is 3.05. The van der Waals surface area contributed by atoms with Crippen LogP contribution in [0.3, 0.4) is 0 Å². The Labute approximate surface area is 152 Å². The second kappa shape index (κ2) is 7.58. The summed E-state index contributed by atoms with van der Waals surface area (Å²) in [5, 5.41) is 32.2. The van der Waals surface area contributed by atoms with E-state index in [0.29, 0.717) is 15.6 Å².